The largest absolute Gasteiger partial charge is 0.353 e. The number of carbonyl (C=O) groups excluding carboxylic acids is 1. The summed E-state index contributed by atoms with van der Waals surface area (Å²) >= 11 is 0. The van der Waals surface area contributed by atoms with Crippen molar-refractivity contribution in [3.05, 3.63) is 0 Å². The van der Waals surface area contributed by atoms with Crippen molar-refractivity contribution in [3.63, 3.8) is 0 Å². The maximum absolute atomic E-state index is 12.5. The standard InChI is InChI=1S/C10H16F2N2O/c11-10(12)5-8(6-10)14-9(15)7-1-3-13-4-2-7/h7-8,13H,1-6H2,(H,14,15). The molecule has 2 aliphatic rings. The summed E-state index contributed by atoms with van der Waals surface area (Å²) in [4.78, 5) is 11.6. The summed E-state index contributed by atoms with van der Waals surface area (Å²) in [7, 11) is 0. The Labute approximate surface area is 87.6 Å². The molecule has 0 unspecified atom stereocenters. The minimum atomic E-state index is -2.55. The van der Waals surface area contributed by atoms with Crippen LogP contribution in [0.4, 0.5) is 8.78 Å². The van der Waals surface area contributed by atoms with Gasteiger partial charge in [-0.3, -0.25) is 4.79 Å². The summed E-state index contributed by atoms with van der Waals surface area (Å²) in [6.45, 7) is 1.69. The van der Waals surface area contributed by atoms with Gasteiger partial charge in [-0.15, -0.1) is 0 Å². The summed E-state index contributed by atoms with van der Waals surface area (Å²) in [5.74, 6) is -2.58. The lowest BCUT2D eigenvalue weighted by Crippen LogP contribution is -2.52. The first-order chi connectivity index (χ1) is 7.07. The van der Waals surface area contributed by atoms with E-state index in [9.17, 15) is 13.6 Å². The third kappa shape index (κ3) is 2.65. The van der Waals surface area contributed by atoms with E-state index < -0.39 is 5.92 Å². The van der Waals surface area contributed by atoms with Gasteiger partial charge >= 0.3 is 0 Å². The summed E-state index contributed by atoms with van der Waals surface area (Å²) in [6.07, 6.45) is 1.25. The zero-order chi connectivity index (χ0) is 10.9. The van der Waals surface area contributed by atoms with Crippen LogP contribution in [-0.4, -0.2) is 31.0 Å². The predicted molar refractivity (Wildman–Crippen MR) is 51.7 cm³/mol. The van der Waals surface area contributed by atoms with Crippen LogP contribution >= 0.6 is 0 Å². The van der Waals surface area contributed by atoms with Crippen LogP contribution in [0.1, 0.15) is 25.7 Å². The number of hydrogen-bond donors (Lipinski definition) is 2. The molecule has 2 rings (SSSR count). The normalized spacial score (nSPS) is 27.1. The van der Waals surface area contributed by atoms with Crippen molar-refractivity contribution in [2.45, 2.75) is 37.6 Å². The molecule has 1 saturated carbocycles. The zero-order valence-corrected chi connectivity index (χ0v) is 8.56. The summed E-state index contributed by atoms with van der Waals surface area (Å²) < 4.78 is 25.0. The van der Waals surface area contributed by atoms with Gasteiger partial charge in [0.05, 0.1) is 0 Å². The molecule has 2 fully saturated rings. The van der Waals surface area contributed by atoms with Crippen molar-refractivity contribution in [1.82, 2.24) is 10.6 Å². The van der Waals surface area contributed by atoms with Crippen LogP contribution in [0.5, 0.6) is 0 Å². The van der Waals surface area contributed by atoms with Crippen LogP contribution in [0.25, 0.3) is 0 Å². The molecule has 1 heterocycles. The van der Waals surface area contributed by atoms with Crippen LogP contribution in [0.3, 0.4) is 0 Å². The van der Waals surface area contributed by atoms with E-state index in [2.05, 4.69) is 10.6 Å². The van der Waals surface area contributed by atoms with Crippen LogP contribution in [0, 0.1) is 5.92 Å². The quantitative estimate of drug-likeness (QED) is 0.723. The minimum absolute atomic E-state index is 0.0143. The maximum atomic E-state index is 12.5. The average Bonchev–Trinajstić information content (AvgIpc) is 2.16. The number of piperidine rings is 1. The van der Waals surface area contributed by atoms with Crippen LogP contribution in [0.15, 0.2) is 0 Å². The molecule has 5 heteroatoms. The molecule has 0 bridgehead atoms. The van der Waals surface area contributed by atoms with Gasteiger partial charge in [0.2, 0.25) is 5.91 Å². The Morgan fingerprint density at radius 2 is 1.87 bits per heavy atom. The second-order valence-electron chi connectivity index (χ2n) is 4.49. The number of halogens is 2. The van der Waals surface area contributed by atoms with Crippen molar-refractivity contribution in [1.29, 1.82) is 0 Å². The molecule has 0 aromatic heterocycles. The van der Waals surface area contributed by atoms with Gasteiger partial charge in [-0.05, 0) is 25.9 Å². The van der Waals surface area contributed by atoms with E-state index in [1.165, 1.54) is 0 Å². The lowest BCUT2D eigenvalue weighted by atomic mass is 9.87. The first-order valence-corrected chi connectivity index (χ1v) is 5.46. The van der Waals surface area contributed by atoms with Gasteiger partial charge in [-0.25, -0.2) is 8.78 Å². The molecule has 0 aromatic carbocycles. The van der Waals surface area contributed by atoms with Crippen LogP contribution < -0.4 is 10.6 Å². The SMILES string of the molecule is O=C(NC1CC(F)(F)C1)C1CCNCC1. The number of nitrogens with one attached hydrogen (secondary N) is 2. The first-order valence-electron chi connectivity index (χ1n) is 5.46. The third-order valence-electron chi connectivity index (χ3n) is 3.15. The molecular weight excluding hydrogens is 202 g/mol. The van der Waals surface area contributed by atoms with Gasteiger partial charge in [0.25, 0.3) is 5.92 Å². The van der Waals surface area contributed by atoms with Crippen molar-refractivity contribution in [2.75, 3.05) is 13.1 Å². The molecule has 1 amide bonds. The Hall–Kier alpha value is -0.710. The molecule has 2 N–H and O–H groups in total. The highest BCUT2D eigenvalue weighted by molar-refractivity contribution is 5.79. The Bertz CT molecular complexity index is 244. The summed E-state index contributed by atoms with van der Waals surface area (Å²) in [5.41, 5.74) is 0. The first kappa shape index (κ1) is 10.8. The number of carbonyl (C=O) groups is 1. The molecule has 0 aromatic rings. The molecule has 86 valence electrons. The Morgan fingerprint density at radius 3 is 2.40 bits per heavy atom. The fraction of sp³-hybridized carbons (Fsp3) is 0.900. The van der Waals surface area contributed by atoms with E-state index in [4.69, 9.17) is 0 Å². The molecule has 1 aliphatic carbocycles. The second-order valence-corrected chi connectivity index (χ2v) is 4.49. The van der Waals surface area contributed by atoms with Crippen LogP contribution in [0.2, 0.25) is 0 Å². The fourth-order valence-electron chi connectivity index (χ4n) is 2.17. The van der Waals surface area contributed by atoms with Gasteiger partial charge in [0.15, 0.2) is 0 Å². The van der Waals surface area contributed by atoms with Gasteiger partial charge in [0.1, 0.15) is 0 Å². The number of rotatable bonds is 2. The van der Waals surface area contributed by atoms with E-state index in [-0.39, 0.29) is 30.7 Å². The molecule has 3 nitrogen and oxygen atoms in total. The number of hydrogen-bond acceptors (Lipinski definition) is 2. The van der Waals surface area contributed by atoms with Crippen LogP contribution in [-0.2, 0) is 4.79 Å². The maximum Gasteiger partial charge on any atom is 0.252 e. The van der Waals surface area contributed by atoms with Crippen molar-refractivity contribution >= 4 is 5.91 Å². The summed E-state index contributed by atoms with van der Waals surface area (Å²) in [6, 6.07) is -0.303. The van der Waals surface area contributed by atoms with E-state index in [0.29, 0.717) is 0 Å². The van der Waals surface area contributed by atoms with E-state index in [1.54, 1.807) is 0 Å². The van der Waals surface area contributed by atoms with Gasteiger partial charge in [0, 0.05) is 24.8 Å². The topological polar surface area (TPSA) is 41.1 Å². The average molecular weight is 218 g/mol. The third-order valence-corrected chi connectivity index (χ3v) is 3.15. The smallest absolute Gasteiger partial charge is 0.252 e. The molecule has 1 saturated heterocycles. The number of amides is 1. The number of alkyl halides is 2. The Kier molecular flexibility index (Phi) is 2.91. The van der Waals surface area contributed by atoms with E-state index in [0.717, 1.165) is 25.9 Å². The van der Waals surface area contributed by atoms with Crippen molar-refractivity contribution < 1.29 is 13.6 Å². The highest BCUT2D eigenvalue weighted by Gasteiger charge is 2.46. The van der Waals surface area contributed by atoms with E-state index >= 15 is 0 Å². The van der Waals surface area contributed by atoms with Crippen molar-refractivity contribution in [2.24, 2.45) is 5.92 Å². The molecule has 0 radical (unpaired) electrons. The molecule has 0 spiro atoms. The fourth-order valence-corrected chi connectivity index (χ4v) is 2.17. The van der Waals surface area contributed by atoms with Crippen molar-refractivity contribution in [3.8, 4) is 0 Å². The summed E-state index contributed by atoms with van der Waals surface area (Å²) in [5, 5.41) is 5.86. The molecule has 1 aliphatic heterocycles. The molecular formula is C10H16F2N2O. The van der Waals surface area contributed by atoms with Gasteiger partial charge < -0.3 is 10.6 Å². The monoisotopic (exact) mass is 218 g/mol. The minimum Gasteiger partial charge on any atom is -0.353 e. The Morgan fingerprint density at radius 1 is 1.27 bits per heavy atom. The molecule has 15 heavy (non-hydrogen) atoms. The van der Waals surface area contributed by atoms with E-state index in [1.807, 2.05) is 0 Å². The van der Waals surface area contributed by atoms with Gasteiger partial charge in [-0.1, -0.05) is 0 Å². The molecule has 0 atom stereocenters. The Balaban J connectivity index is 1.73. The second kappa shape index (κ2) is 4.04. The lowest BCUT2D eigenvalue weighted by Gasteiger charge is -2.36. The highest BCUT2D eigenvalue weighted by Crippen LogP contribution is 2.37. The van der Waals surface area contributed by atoms with Gasteiger partial charge in [-0.2, -0.15) is 0 Å². The highest BCUT2D eigenvalue weighted by atomic mass is 19.3. The predicted octanol–water partition coefficient (Wildman–Crippen LogP) is 0.900. The lowest BCUT2D eigenvalue weighted by molar-refractivity contribution is -0.133. The zero-order valence-electron chi connectivity index (χ0n) is 8.56.